The van der Waals surface area contributed by atoms with Gasteiger partial charge >= 0.3 is 0 Å². The Morgan fingerprint density at radius 1 is 1.16 bits per heavy atom. The van der Waals surface area contributed by atoms with Crippen molar-refractivity contribution < 1.29 is 9.59 Å². The number of anilines is 1. The Morgan fingerprint density at radius 2 is 1.97 bits per heavy atom. The highest BCUT2D eigenvalue weighted by atomic mass is 16.2. The third-order valence-corrected chi connectivity index (χ3v) is 9.93. The van der Waals surface area contributed by atoms with Crippen LogP contribution in [0.4, 0.5) is 5.82 Å². The van der Waals surface area contributed by atoms with E-state index in [2.05, 4.69) is 30.2 Å². The lowest BCUT2D eigenvalue weighted by molar-refractivity contribution is -0.139. The molecule has 0 radical (unpaired) electrons. The van der Waals surface area contributed by atoms with Gasteiger partial charge in [-0.1, -0.05) is 26.0 Å². The van der Waals surface area contributed by atoms with Crippen molar-refractivity contribution in [3.63, 3.8) is 0 Å². The number of carbonyl (C=O) groups excluding carboxylic acids is 2. The normalized spacial score (nSPS) is 40.4. The van der Waals surface area contributed by atoms with Crippen LogP contribution in [-0.4, -0.2) is 34.8 Å². The average molecular weight is 436 g/mol. The van der Waals surface area contributed by atoms with E-state index in [0.29, 0.717) is 42.0 Å². The molecule has 3 saturated carbocycles. The number of hydrogen-bond donors (Lipinski definition) is 1. The minimum atomic E-state index is 0.0828. The number of hydrogen-bond acceptors (Lipinski definition) is 3. The number of aromatic nitrogens is 1. The second kappa shape index (κ2) is 7.71. The highest BCUT2D eigenvalue weighted by Crippen LogP contribution is 2.65. The Hall–Kier alpha value is -2.17. The predicted octanol–water partition coefficient (Wildman–Crippen LogP) is 4.97. The molecule has 172 valence electrons. The number of amides is 2. The largest absolute Gasteiger partial charge is 0.338 e. The maximum atomic E-state index is 12.9. The van der Waals surface area contributed by atoms with Gasteiger partial charge in [0.25, 0.3) is 0 Å². The molecular weight excluding hydrogens is 398 g/mol. The molecule has 1 aliphatic heterocycles. The molecule has 1 N–H and O–H groups in total. The first-order chi connectivity index (χ1) is 15.2. The SMILES string of the molecule is Cc1ccc(NC(=O)C[C@H]2CC[C@H]3[C@@H]4CC[C@H]5N(C)C(=O)C=C[C@]5(C)[C@H]4CC[C@]23C)nc1. The van der Waals surface area contributed by atoms with Gasteiger partial charge in [0, 0.05) is 31.1 Å². The number of carbonyl (C=O) groups is 2. The standard InChI is InChI=1S/C27H37N3O2/c1-17-5-10-23(28-16-17)29-24(31)15-18-6-8-20-19-7-9-22-27(3,14-12-25(32)30(22)4)21(19)11-13-26(18,20)2/h5,10,12,14,16,18-22H,6-9,11,13,15H2,1-4H3,(H,28,29,31)/t18-,19+,20+,21+,22-,26-,27-/m1/s1. The van der Waals surface area contributed by atoms with Crippen molar-refractivity contribution in [3.8, 4) is 0 Å². The Morgan fingerprint density at radius 3 is 2.72 bits per heavy atom. The zero-order valence-corrected chi connectivity index (χ0v) is 19.9. The highest BCUT2D eigenvalue weighted by Gasteiger charge is 2.60. The average Bonchev–Trinajstić information content (AvgIpc) is 3.09. The lowest BCUT2D eigenvalue weighted by Gasteiger charge is -2.60. The molecule has 0 bridgehead atoms. The van der Waals surface area contributed by atoms with Gasteiger partial charge in [-0.3, -0.25) is 9.59 Å². The molecule has 4 aliphatic rings. The molecule has 7 atom stereocenters. The van der Waals surface area contributed by atoms with Crippen molar-refractivity contribution >= 4 is 17.6 Å². The summed E-state index contributed by atoms with van der Waals surface area (Å²) in [5.41, 5.74) is 1.42. The second-order valence-corrected chi connectivity index (χ2v) is 11.4. The fourth-order valence-electron chi connectivity index (χ4n) is 8.14. The Labute approximate surface area is 192 Å². The number of rotatable bonds is 3. The van der Waals surface area contributed by atoms with E-state index in [1.165, 1.54) is 25.7 Å². The molecule has 5 rings (SSSR count). The number of pyridine rings is 1. The van der Waals surface area contributed by atoms with Crippen LogP contribution in [-0.2, 0) is 9.59 Å². The first-order valence-corrected chi connectivity index (χ1v) is 12.4. The summed E-state index contributed by atoms with van der Waals surface area (Å²) in [6.45, 7) is 6.86. The van der Waals surface area contributed by atoms with Gasteiger partial charge in [-0.05, 0) is 92.2 Å². The molecule has 0 saturated heterocycles. The summed E-state index contributed by atoms with van der Waals surface area (Å²) in [7, 11) is 1.98. The fraction of sp³-hybridized carbons (Fsp3) is 0.667. The van der Waals surface area contributed by atoms with Crippen LogP contribution in [0.5, 0.6) is 0 Å². The van der Waals surface area contributed by atoms with Crippen LogP contribution >= 0.6 is 0 Å². The minimum Gasteiger partial charge on any atom is -0.338 e. The summed E-state index contributed by atoms with van der Waals surface area (Å²) in [5, 5.41) is 3.02. The van der Waals surface area contributed by atoms with Gasteiger partial charge in [0.05, 0.1) is 0 Å². The summed E-state index contributed by atoms with van der Waals surface area (Å²) in [6, 6.07) is 4.20. The quantitative estimate of drug-likeness (QED) is 0.729. The van der Waals surface area contributed by atoms with E-state index in [1.807, 2.05) is 37.1 Å². The second-order valence-electron chi connectivity index (χ2n) is 11.4. The number of fused-ring (bicyclic) bond motifs is 5. The molecule has 0 spiro atoms. The Bertz CT molecular complexity index is 941. The molecular formula is C27H37N3O2. The van der Waals surface area contributed by atoms with Crippen LogP contribution in [0.25, 0.3) is 0 Å². The van der Waals surface area contributed by atoms with Gasteiger partial charge in [0.2, 0.25) is 11.8 Å². The number of nitrogens with zero attached hydrogens (tertiary/aromatic N) is 2. The maximum absolute atomic E-state index is 12.9. The van der Waals surface area contributed by atoms with E-state index < -0.39 is 0 Å². The van der Waals surface area contributed by atoms with E-state index >= 15 is 0 Å². The van der Waals surface area contributed by atoms with Crippen LogP contribution in [0.1, 0.15) is 64.4 Å². The summed E-state index contributed by atoms with van der Waals surface area (Å²) in [6.07, 6.45) is 13.5. The highest BCUT2D eigenvalue weighted by molar-refractivity contribution is 5.90. The van der Waals surface area contributed by atoms with Gasteiger partial charge in [-0.25, -0.2) is 4.98 Å². The van der Waals surface area contributed by atoms with Crippen molar-refractivity contribution in [3.05, 3.63) is 36.0 Å². The summed E-state index contributed by atoms with van der Waals surface area (Å²) < 4.78 is 0. The van der Waals surface area contributed by atoms with E-state index in [4.69, 9.17) is 0 Å². The molecule has 2 heterocycles. The van der Waals surface area contributed by atoms with Crippen LogP contribution in [0.3, 0.4) is 0 Å². The van der Waals surface area contributed by atoms with Crippen molar-refractivity contribution in [2.24, 2.45) is 34.5 Å². The zero-order valence-electron chi connectivity index (χ0n) is 19.9. The molecule has 32 heavy (non-hydrogen) atoms. The monoisotopic (exact) mass is 435 g/mol. The third kappa shape index (κ3) is 3.31. The fourth-order valence-corrected chi connectivity index (χ4v) is 8.14. The first kappa shape index (κ1) is 21.7. The van der Waals surface area contributed by atoms with Gasteiger partial charge < -0.3 is 10.2 Å². The molecule has 5 heteroatoms. The van der Waals surface area contributed by atoms with Crippen molar-refractivity contribution in [2.45, 2.75) is 71.8 Å². The third-order valence-electron chi connectivity index (χ3n) is 9.93. The smallest absolute Gasteiger partial charge is 0.246 e. The summed E-state index contributed by atoms with van der Waals surface area (Å²) in [4.78, 5) is 31.5. The van der Waals surface area contributed by atoms with Gasteiger partial charge in [-0.15, -0.1) is 0 Å². The van der Waals surface area contributed by atoms with E-state index in [1.54, 1.807) is 6.20 Å². The summed E-state index contributed by atoms with van der Waals surface area (Å²) >= 11 is 0. The van der Waals surface area contributed by atoms with Crippen molar-refractivity contribution in [2.75, 3.05) is 12.4 Å². The van der Waals surface area contributed by atoms with Gasteiger partial charge in [0.15, 0.2) is 0 Å². The number of nitrogens with one attached hydrogen (secondary N) is 1. The summed E-state index contributed by atoms with van der Waals surface area (Å²) in [5.74, 6) is 3.37. The van der Waals surface area contributed by atoms with Crippen LogP contribution in [0, 0.1) is 41.4 Å². The van der Waals surface area contributed by atoms with Crippen molar-refractivity contribution in [1.29, 1.82) is 0 Å². The molecule has 1 aromatic rings. The van der Waals surface area contributed by atoms with Crippen molar-refractivity contribution in [1.82, 2.24) is 9.88 Å². The van der Waals surface area contributed by atoms with E-state index in [0.717, 1.165) is 18.4 Å². The molecule has 3 fully saturated rings. The number of aryl methyl sites for hydroxylation is 1. The van der Waals surface area contributed by atoms with E-state index in [-0.39, 0.29) is 22.6 Å². The van der Waals surface area contributed by atoms with Crippen LogP contribution < -0.4 is 5.32 Å². The van der Waals surface area contributed by atoms with Crippen LogP contribution in [0.15, 0.2) is 30.5 Å². The molecule has 0 aromatic carbocycles. The van der Waals surface area contributed by atoms with Gasteiger partial charge in [0.1, 0.15) is 5.82 Å². The minimum absolute atomic E-state index is 0.0828. The molecule has 1 aromatic heterocycles. The zero-order chi connectivity index (χ0) is 22.7. The predicted molar refractivity (Wildman–Crippen MR) is 126 cm³/mol. The molecule has 0 unspecified atom stereocenters. The lowest BCUT2D eigenvalue weighted by Crippen LogP contribution is -2.59. The topological polar surface area (TPSA) is 62.3 Å². The Kier molecular flexibility index (Phi) is 5.22. The maximum Gasteiger partial charge on any atom is 0.246 e. The van der Waals surface area contributed by atoms with Gasteiger partial charge in [-0.2, -0.15) is 0 Å². The Balaban J connectivity index is 1.31. The lowest BCUT2D eigenvalue weighted by atomic mass is 9.47. The molecule has 5 nitrogen and oxygen atoms in total. The van der Waals surface area contributed by atoms with Crippen LogP contribution in [0.2, 0.25) is 0 Å². The number of likely N-dealkylation sites (N-methyl/N-ethyl adjacent to an activating group) is 1. The first-order valence-electron chi connectivity index (χ1n) is 12.4. The molecule has 3 aliphatic carbocycles. The molecule has 2 amide bonds. The van der Waals surface area contributed by atoms with E-state index in [9.17, 15) is 9.59 Å².